The van der Waals surface area contributed by atoms with Crippen molar-refractivity contribution in [3.05, 3.63) is 29.1 Å². The van der Waals surface area contributed by atoms with Crippen LogP contribution in [0.25, 0.3) is 6.08 Å². The first-order valence-corrected chi connectivity index (χ1v) is 7.10. The Morgan fingerprint density at radius 2 is 2.15 bits per heavy atom. The fourth-order valence-corrected chi connectivity index (χ4v) is 2.87. The molecule has 1 aliphatic heterocycles. The van der Waals surface area contributed by atoms with Crippen molar-refractivity contribution in [1.29, 1.82) is 0 Å². The van der Waals surface area contributed by atoms with Gasteiger partial charge in [0.15, 0.2) is 5.78 Å². The van der Waals surface area contributed by atoms with Gasteiger partial charge < -0.3 is 9.47 Å². The van der Waals surface area contributed by atoms with E-state index in [1.807, 2.05) is 6.92 Å². The predicted octanol–water partition coefficient (Wildman–Crippen LogP) is 3.17. The number of hydrogen-bond donors (Lipinski definition) is 0. The van der Waals surface area contributed by atoms with Crippen molar-refractivity contribution < 1.29 is 14.3 Å². The Hall–Kier alpha value is -1.68. The third kappa shape index (κ3) is 2.36. The number of hydrogen-bond acceptors (Lipinski definition) is 4. The summed E-state index contributed by atoms with van der Waals surface area (Å²) in [4.78, 5) is 15.5. The fourth-order valence-electron chi connectivity index (χ4n) is 2.87. The highest BCUT2D eigenvalue weighted by molar-refractivity contribution is 5.91. The summed E-state index contributed by atoms with van der Waals surface area (Å²) in [7, 11) is 0. The van der Waals surface area contributed by atoms with Crippen LogP contribution in [-0.2, 0) is 16.1 Å². The van der Waals surface area contributed by atoms with Crippen molar-refractivity contribution in [2.75, 3.05) is 0 Å². The Morgan fingerprint density at radius 1 is 1.40 bits per heavy atom. The molecule has 0 radical (unpaired) electrons. The largest absolute Gasteiger partial charge is 0.460 e. The summed E-state index contributed by atoms with van der Waals surface area (Å²) in [6.45, 7) is 4.01. The highest BCUT2D eigenvalue weighted by Crippen LogP contribution is 2.43. The van der Waals surface area contributed by atoms with E-state index < -0.39 is 5.79 Å². The lowest BCUT2D eigenvalue weighted by Crippen LogP contribution is -2.39. The lowest BCUT2D eigenvalue weighted by atomic mass is 10.0. The third-order valence-corrected chi connectivity index (χ3v) is 3.98. The molecule has 1 aliphatic carbocycles. The summed E-state index contributed by atoms with van der Waals surface area (Å²) >= 11 is 0. The SMILES string of the molecule is CC(=O)/C=C/c1cnc(C)c2c1COC1(CCCC1)O2. The van der Waals surface area contributed by atoms with Crippen molar-refractivity contribution in [1.82, 2.24) is 4.98 Å². The number of aryl methyl sites for hydroxylation is 1. The van der Waals surface area contributed by atoms with Crippen LogP contribution in [0.4, 0.5) is 0 Å². The Kier molecular flexibility index (Phi) is 3.34. The van der Waals surface area contributed by atoms with Gasteiger partial charge in [-0.25, -0.2) is 0 Å². The van der Waals surface area contributed by atoms with Gasteiger partial charge in [0.1, 0.15) is 5.75 Å². The van der Waals surface area contributed by atoms with Gasteiger partial charge in [0, 0.05) is 30.2 Å². The van der Waals surface area contributed by atoms with Crippen LogP contribution in [0.2, 0.25) is 0 Å². The van der Waals surface area contributed by atoms with Crippen LogP contribution < -0.4 is 4.74 Å². The van der Waals surface area contributed by atoms with Crippen LogP contribution >= 0.6 is 0 Å². The van der Waals surface area contributed by atoms with Crippen LogP contribution in [-0.4, -0.2) is 16.6 Å². The van der Waals surface area contributed by atoms with E-state index in [1.165, 1.54) is 6.92 Å². The summed E-state index contributed by atoms with van der Waals surface area (Å²) in [5.74, 6) is 0.413. The van der Waals surface area contributed by atoms with Crippen molar-refractivity contribution in [2.24, 2.45) is 0 Å². The number of aromatic nitrogens is 1. The van der Waals surface area contributed by atoms with E-state index in [1.54, 1.807) is 18.3 Å². The third-order valence-electron chi connectivity index (χ3n) is 3.98. The smallest absolute Gasteiger partial charge is 0.210 e. The first-order valence-electron chi connectivity index (χ1n) is 7.10. The van der Waals surface area contributed by atoms with Crippen molar-refractivity contribution in [2.45, 2.75) is 51.9 Å². The van der Waals surface area contributed by atoms with Crippen LogP contribution in [0.5, 0.6) is 5.75 Å². The Labute approximate surface area is 118 Å². The Morgan fingerprint density at radius 3 is 2.85 bits per heavy atom. The molecule has 1 aromatic rings. The summed E-state index contributed by atoms with van der Waals surface area (Å²) < 4.78 is 12.1. The Bertz CT molecular complexity index is 571. The van der Waals surface area contributed by atoms with Gasteiger partial charge in [-0.3, -0.25) is 9.78 Å². The maximum atomic E-state index is 11.1. The Balaban J connectivity index is 1.97. The number of pyridine rings is 1. The average molecular weight is 273 g/mol. The molecule has 20 heavy (non-hydrogen) atoms. The molecule has 0 atom stereocenters. The van der Waals surface area contributed by atoms with Gasteiger partial charge in [-0.2, -0.15) is 0 Å². The first kappa shape index (κ1) is 13.3. The van der Waals surface area contributed by atoms with Gasteiger partial charge in [0.25, 0.3) is 0 Å². The van der Waals surface area contributed by atoms with Crippen molar-refractivity contribution >= 4 is 11.9 Å². The zero-order valence-corrected chi connectivity index (χ0v) is 11.9. The minimum absolute atomic E-state index is 0.0178. The zero-order chi connectivity index (χ0) is 14.2. The number of ketones is 1. The van der Waals surface area contributed by atoms with Crippen molar-refractivity contribution in [3.8, 4) is 5.75 Å². The second-order valence-electron chi connectivity index (χ2n) is 5.56. The van der Waals surface area contributed by atoms with Gasteiger partial charge in [-0.15, -0.1) is 0 Å². The molecule has 1 fully saturated rings. The molecule has 2 aliphatic rings. The summed E-state index contributed by atoms with van der Waals surface area (Å²) in [6, 6.07) is 0. The number of nitrogens with zero attached hydrogens (tertiary/aromatic N) is 1. The van der Waals surface area contributed by atoms with E-state index in [-0.39, 0.29) is 5.78 Å². The molecule has 106 valence electrons. The lowest BCUT2D eigenvalue weighted by Gasteiger charge is -2.36. The molecule has 0 aromatic carbocycles. The van der Waals surface area contributed by atoms with Crippen LogP contribution in [0.15, 0.2) is 12.3 Å². The van der Waals surface area contributed by atoms with E-state index in [4.69, 9.17) is 9.47 Å². The molecule has 2 heterocycles. The van der Waals surface area contributed by atoms with Crippen LogP contribution in [0.1, 0.15) is 49.4 Å². The molecular weight excluding hydrogens is 254 g/mol. The van der Waals surface area contributed by atoms with Crippen molar-refractivity contribution in [3.63, 3.8) is 0 Å². The number of allylic oxidation sites excluding steroid dienone is 1. The lowest BCUT2D eigenvalue weighted by molar-refractivity contribution is -0.201. The molecule has 0 unspecified atom stereocenters. The molecule has 1 spiro atoms. The summed E-state index contributed by atoms with van der Waals surface area (Å²) in [6.07, 6.45) is 9.28. The first-order chi connectivity index (χ1) is 9.60. The molecule has 0 N–H and O–H groups in total. The zero-order valence-electron chi connectivity index (χ0n) is 11.9. The minimum atomic E-state index is -0.442. The van der Waals surface area contributed by atoms with E-state index in [9.17, 15) is 4.79 Å². The summed E-state index contributed by atoms with van der Waals surface area (Å²) in [5, 5.41) is 0. The second kappa shape index (κ2) is 5.02. The highest BCUT2D eigenvalue weighted by atomic mass is 16.7. The quantitative estimate of drug-likeness (QED) is 0.776. The molecule has 1 saturated carbocycles. The number of carbonyl (C=O) groups excluding carboxylic acids is 1. The maximum absolute atomic E-state index is 11.1. The average Bonchev–Trinajstić information content (AvgIpc) is 2.87. The van der Waals surface area contributed by atoms with E-state index >= 15 is 0 Å². The molecule has 0 saturated heterocycles. The van der Waals surface area contributed by atoms with E-state index in [2.05, 4.69) is 4.98 Å². The molecular formula is C16H19NO3. The molecule has 4 nitrogen and oxygen atoms in total. The molecule has 1 aromatic heterocycles. The van der Waals surface area contributed by atoms with Gasteiger partial charge in [0.2, 0.25) is 5.79 Å². The van der Waals surface area contributed by atoms with Gasteiger partial charge in [-0.05, 0) is 38.8 Å². The van der Waals surface area contributed by atoms with Crippen LogP contribution in [0.3, 0.4) is 0 Å². The topological polar surface area (TPSA) is 48.4 Å². The monoisotopic (exact) mass is 273 g/mol. The van der Waals surface area contributed by atoms with E-state index in [0.29, 0.717) is 6.61 Å². The van der Waals surface area contributed by atoms with Crippen LogP contribution in [0, 0.1) is 6.92 Å². The number of carbonyl (C=O) groups is 1. The molecule has 3 rings (SSSR count). The highest BCUT2D eigenvalue weighted by Gasteiger charge is 2.41. The number of ether oxygens (including phenoxy) is 2. The predicted molar refractivity (Wildman–Crippen MR) is 75.3 cm³/mol. The second-order valence-corrected chi connectivity index (χ2v) is 5.56. The fraction of sp³-hybridized carbons (Fsp3) is 0.500. The molecule has 0 amide bonds. The van der Waals surface area contributed by atoms with Gasteiger partial charge in [-0.1, -0.05) is 0 Å². The number of fused-ring (bicyclic) bond motifs is 1. The normalized spacial score (nSPS) is 20.1. The molecule has 0 bridgehead atoms. The number of rotatable bonds is 2. The van der Waals surface area contributed by atoms with Gasteiger partial charge >= 0.3 is 0 Å². The summed E-state index contributed by atoms with van der Waals surface area (Å²) in [5.41, 5.74) is 2.77. The minimum Gasteiger partial charge on any atom is -0.460 e. The maximum Gasteiger partial charge on any atom is 0.210 e. The van der Waals surface area contributed by atoms with E-state index in [0.717, 1.165) is 48.3 Å². The van der Waals surface area contributed by atoms with Gasteiger partial charge in [0.05, 0.1) is 12.3 Å². The molecule has 4 heteroatoms. The standard InChI is InChI=1S/C16H19NO3/c1-11(18)5-6-13-9-17-12(2)15-14(13)10-19-16(20-15)7-3-4-8-16/h5-6,9H,3-4,7-8,10H2,1-2H3/b6-5+.